The lowest BCUT2D eigenvalue weighted by Gasteiger charge is -2.37. The molecule has 1 aromatic carbocycles. The zero-order valence-electron chi connectivity index (χ0n) is 13.7. The van der Waals surface area contributed by atoms with Crippen LogP contribution in [0.1, 0.15) is 24.4 Å². The van der Waals surface area contributed by atoms with Gasteiger partial charge in [-0.15, -0.1) is 12.4 Å². The van der Waals surface area contributed by atoms with E-state index in [4.69, 9.17) is 4.74 Å². The average Bonchev–Trinajstić information content (AvgIpc) is 2.98. The predicted molar refractivity (Wildman–Crippen MR) is 93.2 cm³/mol. The number of nitrogens with one attached hydrogen (secondary N) is 1. The normalized spacial score (nSPS) is 22.0. The fourth-order valence-electron chi connectivity index (χ4n) is 3.45. The number of methoxy groups -OCH3 is 1. The van der Waals surface area contributed by atoms with E-state index in [1.54, 1.807) is 7.11 Å². The number of para-hydroxylation sites is 1. The van der Waals surface area contributed by atoms with Gasteiger partial charge in [0.05, 0.1) is 13.2 Å². The van der Waals surface area contributed by atoms with Crippen LogP contribution in [0.3, 0.4) is 0 Å². The van der Waals surface area contributed by atoms with E-state index in [-0.39, 0.29) is 12.4 Å². The van der Waals surface area contributed by atoms with E-state index in [2.05, 4.69) is 22.3 Å². The van der Waals surface area contributed by atoms with Gasteiger partial charge in [0.15, 0.2) is 0 Å². The minimum absolute atomic E-state index is 0. The molecule has 0 radical (unpaired) electrons. The molecule has 2 aliphatic heterocycles. The molecule has 2 saturated heterocycles. The number of piperazine rings is 1. The molecule has 0 aliphatic carbocycles. The van der Waals surface area contributed by atoms with Crippen molar-refractivity contribution < 1.29 is 9.53 Å². The summed E-state index contributed by atoms with van der Waals surface area (Å²) in [4.78, 5) is 16.2. The topological polar surface area (TPSA) is 44.8 Å². The first kappa shape index (κ1) is 18.0. The van der Waals surface area contributed by atoms with Gasteiger partial charge < -0.3 is 15.0 Å². The van der Waals surface area contributed by atoms with Gasteiger partial charge in [0.2, 0.25) is 5.91 Å². The third-order valence-electron chi connectivity index (χ3n) is 4.68. The molecule has 1 unspecified atom stereocenters. The van der Waals surface area contributed by atoms with E-state index in [1.807, 2.05) is 17.0 Å². The maximum atomic E-state index is 11.8. The standard InChI is InChI=1S/C17H25N3O2.ClH/c1-22-16-6-3-2-5-14(16)15-13-18-8-10-19(15)11-12-20-9-4-7-17(20)21;/h2-3,5-6,15,18H,4,7-13H2,1H3;1H. The van der Waals surface area contributed by atoms with Crippen LogP contribution in [0.15, 0.2) is 24.3 Å². The second kappa shape index (κ2) is 8.52. The summed E-state index contributed by atoms with van der Waals surface area (Å²) in [6.07, 6.45) is 1.73. The molecule has 0 saturated carbocycles. The SMILES string of the molecule is COc1ccccc1C1CNCCN1CCN1CCCC1=O.Cl. The molecule has 128 valence electrons. The van der Waals surface area contributed by atoms with Crippen molar-refractivity contribution in [2.45, 2.75) is 18.9 Å². The first-order valence-electron chi connectivity index (χ1n) is 8.15. The Balaban J connectivity index is 0.00000192. The van der Waals surface area contributed by atoms with Crippen LogP contribution in [-0.2, 0) is 4.79 Å². The number of carbonyl (C=O) groups excluding carboxylic acids is 1. The van der Waals surface area contributed by atoms with Gasteiger partial charge in [-0.05, 0) is 12.5 Å². The van der Waals surface area contributed by atoms with Gasteiger partial charge in [-0.2, -0.15) is 0 Å². The average molecular weight is 340 g/mol. The monoisotopic (exact) mass is 339 g/mol. The van der Waals surface area contributed by atoms with Gasteiger partial charge >= 0.3 is 0 Å². The number of halogens is 1. The molecule has 23 heavy (non-hydrogen) atoms. The third-order valence-corrected chi connectivity index (χ3v) is 4.68. The largest absolute Gasteiger partial charge is 0.496 e. The van der Waals surface area contributed by atoms with E-state index < -0.39 is 0 Å². The molecule has 0 spiro atoms. The Morgan fingerprint density at radius 3 is 2.83 bits per heavy atom. The maximum absolute atomic E-state index is 11.8. The number of rotatable bonds is 5. The molecular formula is C17H26ClN3O2. The summed E-state index contributed by atoms with van der Waals surface area (Å²) in [5.41, 5.74) is 1.23. The lowest BCUT2D eigenvalue weighted by Crippen LogP contribution is -2.48. The Morgan fingerprint density at radius 2 is 2.09 bits per heavy atom. The first-order valence-corrected chi connectivity index (χ1v) is 8.15. The Morgan fingerprint density at radius 1 is 1.26 bits per heavy atom. The quantitative estimate of drug-likeness (QED) is 0.886. The lowest BCUT2D eigenvalue weighted by molar-refractivity contribution is -0.127. The van der Waals surface area contributed by atoms with Gasteiger partial charge in [-0.25, -0.2) is 0 Å². The molecule has 6 heteroatoms. The summed E-state index contributed by atoms with van der Waals surface area (Å²) in [6.45, 7) is 5.61. The van der Waals surface area contributed by atoms with Crippen LogP contribution in [0.2, 0.25) is 0 Å². The van der Waals surface area contributed by atoms with E-state index in [0.29, 0.717) is 11.9 Å². The molecule has 2 heterocycles. The van der Waals surface area contributed by atoms with Crippen LogP contribution in [-0.4, -0.2) is 62.1 Å². The molecule has 5 nitrogen and oxygen atoms in total. The summed E-state index contributed by atoms with van der Waals surface area (Å²) in [6, 6.07) is 8.54. The van der Waals surface area contributed by atoms with Gasteiger partial charge in [-0.3, -0.25) is 9.69 Å². The zero-order valence-corrected chi connectivity index (χ0v) is 14.5. The summed E-state index contributed by atoms with van der Waals surface area (Å²) in [5, 5.41) is 3.47. The Kier molecular flexibility index (Phi) is 6.69. The molecule has 1 amide bonds. The predicted octanol–water partition coefficient (Wildman–Crippen LogP) is 1.69. The fourth-order valence-corrected chi connectivity index (χ4v) is 3.45. The summed E-state index contributed by atoms with van der Waals surface area (Å²) in [5.74, 6) is 1.25. The van der Waals surface area contributed by atoms with Crippen molar-refractivity contribution in [3.05, 3.63) is 29.8 Å². The molecule has 2 aliphatic rings. The van der Waals surface area contributed by atoms with E-state index in [0.717, 1.165) is 57.9 Å². The Hall–Kier alpha value is -1.30. The van der Waals surface area contributed by atoms with Crippen LogP contribution in [0.25, 0.3) is 0 Å². The van der Waals surface area contributed by atoms with E-state index >= 15 is 0 Å². The number of benzene rings is 1. The number of hydrogen-bond donors (Lipinski definition) is 1. The second-order valence-electron chi connectivity index (χ2n) is 5.98. The van der Waals surface area contributed by atoms with Crippen molar-refractivity contribution >= 4 is 18.3 Å². The highest BCUT2D eigenvalue weighted by Gasteiger charge is 2.27. The number of likely N-dealkylation sites (tertiary alicyclic amines) is 1. The van der Waals surface area contributed by atoms with Crippen LogP contribution >= 0.6 is 12.4 Å². The third kappa shape index (κ3) is 4.16. The summed E-state index contributed by atoms with van der Waals surface area (Å²) >= 11 is 0. The van der Waals surface area contributed by atoms with Gasteiger partial charge in [-0.1, -0.05) is 18.2 Å². The van der Waals surface area contributed by atoms with Crippen molar-refractivity contribution in [2.24, 2.45) is 0 Å². The molecule has 1 aromatic rings. The Bertz CT molecular complexity index is 526. The zero-order chi connectivity index (χ0) is 15.4. The van der Waals surface area contributed by atoms with Gasteiger partial charge in [0.25, 0.3) is 0 Å². The van der Waals surface area contributed by atoms with Gasteiger partial charge in [0, 0.05) is 51.3 Å². The highest BCUT2D eigenvalue weighted by molar-refractivity contribution is 5.85. The number of amides is 1. The molecule has 2 fully saturated rings. The minimum Gasteiger partial charge on any atom is -0.496 e. The van der Waals surface area contributed by atoms with Crippen LogP contribution < -0.4 is 10.1 Å². The smallest absolute Gasteiger partial charge is 0.222 e. The van der Waals surface area contributed by atoms with E-state index in [9.17, 15) is 4.79 Å². The summed E-state index contributed by atoms with van der Waals surface area (Å²) < 4.78 is 5.52. The summed E-state index contributed by atoms with van der Waals surface area (Å²) in [7, 11) is 1.72. The lowest BCUT2D eigenvalue weighted by atomic mass is 10.0. The first-order chi connectivity index (χ1) is 10.8. The van der Waals surface area contributed by atoms with Crippen LogP contribution in [0.4, 0.5) is 0 Å². The molecule has 1 atom stereocenters. The van der Waals surface area contributed by atoms with Crippen molar-refractivity contribution in [3.8, 4) is 5.75 Å². The number of ether oxygens (including phenoxy) is 1. The van der Waals surface area contributed by atoms with Crippen molar-refractivity contribution in [2.75, 3.05) is 46.4 Å². The highest BCUT2D eigenvalue weighted by Crippen LogP contribution is 2.30. The molecule has 1 N–H and O–H groups in total. The number of carbonyl (C=O) groups is 1. The van der Waals surface area contributed by atoms with Crippen molar-refractivity contribution in [1.29, 1.82) is 0 Å². The minimum atomic E-state index is 0. The van der Waals surface area contributed by atoms with Crippen LogP contribution in [0.5, 0.6) is 5.75 Å². The molecule has 0 bridgehead atoms. The Labute approximate surface area is 144 Å². The highest BCUT2D eigenvalue weighted by atomic mass is 35.5. The second-order valence-corrected chi connectivity index (χ2v) is 5.98. The maximum Gasteiger partial charge on any atom is 0.222 e. The molecule has 0 aromatic heterocycles. The van der Waals surface area contributed by atoms with Crippen LogP contribution in [0, 0.1) is 0 Å². The fraction of sp³-hybridized carbons (Fsp3) is 0.588. The van der Waals surface area contributed by atoms with E-state index in [1.165, 1.54) is 5.56 Å². The van der Waals surface area contributed by atoms with Crippen molar-refractivity contribution in [3.63, 3.8) is 0 Å². The molecule has 3 rings (SSSR count). The molecular weight excluding hydrogens is 314 g/mol. The van der Waals surface area contributed by atoms with Gasteiger partial charge in [0.1, 0.15) is 5.75 Å². The number of nitrogens with zero attached hydrogens (tertiary/aromatic N) is 2. The van der Waals surface area contributed by atoms with Crippen molar-refractivity contribution in [1.82, 2.24) is 15.1 Å². The number of hydrogen-bond acceptors (Lipinski definition) is 4.